The summed E-state index contributed by atoms with van der Waals surface area (Å²) in [7, 11) is 0. The Morgan fingerprint density at radius 3 is 2.50 bits per heavy atom. The fourth-order valence-electron chi connectivity index (χ4n) is 2.30. The highest BCUT2D eigenvalue weighted by atomic mass is 16.5. The topological polar surface area (TPSA) is 64.2 Å². The molecular weight excluding hydrogens is 278 g/mol. The molecule has 0 unspecified atom stereocenters. The van der Waals surface area contributed by atoms with E-state index in [4.69, 9.17) is 5.11 Å². The molecule has 0 fully saturated rings. The predicted octanol–water partition coefficient (Wildman–Crippen LogP) is 3.40. The number of rotatable bonds is 7. The zero-order valence-corrected chi connectivity index (χ0v) is 12.3. The highest BCUT2D eigenvalue weighted by molar-refractivity contribution is 5.79. The largest absolute Gasteiger partial charge is 0.619 e. The first-order chi connectivity index (χ1) is 10.7. The molecule has 2 aromatic rings. The number of aromatic nitrogens is 1. The molecule has 114 valence electrons. The van der Waals surface area contributed by atoms with Gasteiger partial charge in [0.1, 0.15) is 0 Å². The number of carbonyl (C=O) groups is 1. The summed E-state index contributed by atoms with van der Waals surface area (Å²) < 4.78 is 0.788. The number of nitrogens with zero attached hydrogens (tertiary/aromatic N) is 1. The van der Waals surface area contributed by atoms with Crippen molar-refractivity contribution in [3.05, 3.63) is 77.3 Å². The lowest BCUT2D eigenvalue weighted by Gasteiger charge is -2.08. The number of pyridine rings is 1. The molecular formula is C18H19NO3. The Morgan fingerprint density at radius 2 is 1.82 bits per heavy atom. The molecule has 1 N–H and O–H groups in total. The Kier molecular flexibility index (Phi) is 5.72. The lowest BCUT2D eigenvalue weighted by atomic mass is 9.97. The van der Waals surface area contributed by atoms with Crippen LogP contribution in [0.4, 0.5) is 0 Å². The lowest BCUT2D eigenvalue weighted by molar-refractivity contribution is -0.605. The Balaban J connectivity index is 2.17. The van der Waals surface area contributed by atoms with E-state index in [1.807, 2.05) is 36.4 Å². The molecule has 0 radical (unpaired) electrons. The van der Waals surface area contributed by atoms with Crippen LogP contribution in [0.2, 0.25) is 0 Å². The van der Waals surface area contributed by atoms with E-state index in [1.165, 1.54) is 6.20 Å². The number of unbranched alkanes of at least 4 members (excludes halogenated alkanes) is 2. The molecule has 1 heterocycles. The molecule has 0 bridgehead atoms. The minimum absolute atomic E-state index is 0.195. The monoisotopic (exact) mass is 297 g/mol. The van der Waals surface area contributed by atoms with Gasteiger partial charge >= 0.3 is 5.97 Å². The minimum Gasteiger partial charge on any atom is -0.619 e. The molecule has 0 amide bonds. The van der Waals surface area contributed by atoms with Crippen LogP contribution in [0.15, 0.2) is 60.9 Å². The van der Waals surface area contributed by atoms with E-state index in [-0.39, 0.29) is 6.42 Å². The van der Waals surface area contributed by atoms with E-state index >= 15 is 0 Å². The van der Waals surface area contributed by atoms with Gasteiger partial charge in [0.2, 0.25) is 0 Å². The van der Waals surface area contributed by atoms with E-state index in [1.54, 1.807) is 12.3 Å². The Labute approximate surface area is 129 Å². The van der Waals surface area contributed by atoms with Crippen molar-refractivity contribution in [3.63, 3.8) is 0 Å². The van der Waals surface area contributed by atoms with Gasteiger partial charge in [0.05, 0.1) is 0 Å². The summed E-state index contributed by atoms with van der Waals surface area (Å²) in [6, 6.07) is 13.5. The van der Waals surface area contributed by atoms with Crippen molar-refractivity contribution >= 4 is 11.5 Å². The summed E-state index contributed by atoms with van der Waals surface area (Å²) in [6.45, 7) is 0. The van der Waals surface area contributed by atoms with Crippen LogP contribution in [-0.4, -0.2) is 11.1 Å². The Bertz CT molecular complexity index is 650. The lowest BCUT2D eigenvalue weighted by Crippen LogP contribution is -2.24. The predicted molar refractivity (Wildman–Crippen MR) is 85.0 cm³/mol. The van der Waals surface area contributed by atoms with Crippen LogP contribution < -0.4 is 4.73 Å². The first kappa shape index (κ1) is 15.8. The Hall–Kier alpha value is -2.62. The third kappa shape index (κ3) is 4.74. The molecule has 0 spiro atoms. The second kappa shape index (κ2) is 7.98. The van der Waals surface area contributed by atoms with Crippen LogP contribution in [0.3, 0.4) is 0 Å². The van der Waals surface area contributed by atoms with Crippen molar-refractivity contribution in [3.8, 4) is 0 Å². The number of hydrogen-bond acceptors (Lipinski definition) is 2. The minimum atomic E-state index is -0.761. The number of carboxylic acid groups (broad SMARTS) is 1. The van der Waals surface area contributed by atoms with Crippen molar-refractivity contribution in [1.82, 2.24) is 0 Å². The van der Waals surface area contributed by atoms with E-state index < -0.39 is 5.97 Å². The van der Waals surface area contributed by atoms with Crippen molar-refractivity contribution in [1.29, 1.82) is 0 Å². The molecule has 0 saturated carbocycles. The third-order valence-corrected chi connectivity index (χ3v) is 3.36. The first-order valence-corrected chi connectivity index (χ1v) is 7.33. The number of aliphatic carboxylic acids is 1. The standard InChI is InChI=1S/C18H19NO3/c20-18(21)12-6-2-5-11-17(15-8-3-1-4-9-15)16-10-7-13-19(22)14-16/h1,3-4,7-11,13-14H,2,5-6,12H2,(H,20,21). The SMILES string of the molecule is O=C(O)CCCCC=C(c1ccccc1)c1ccc[n+]([O-])c1. The highest BCUT2D eigenvalue weighted by Gasteiger charge is 2.07. The molecule has 0 atom stereocenters. The van der Waals surface area contributed by atoms with E-state index in [2.05, 4.69) is 6.08 Å². The van der Waals surface area contributed by atoms with Crippen molar-refractivity contribution in [2.75, 3.05) is 0 Å². The molecule has 2 rings (SSSR count). The van der Waals surface area contributed by atoms with Crippen molar-refractivity contribution in [2.24, 2.45) is 0 Å². The second-order valence-electron chi connectivity index (χ2n) is 5.08. The van der Waals surface area contributed by atoms with Crippen LogP contribution in [0.1, 0.15) is 36.8 Å². The maximum absolute atomic E-state index is 11.5. The van der Waals surface area contributed by atoms with Crippen LogP contribution in [0, 0.1) is 5.21 Å². The fraction of sp³-hybridized carbons (Fsp3) is 0.222. The maximum atomic E-state index is 11.5. The molecule has 4 nitrogen and oxygen atoms in total. The van der Waals surface area contributed by atoms with Gasteiger partial charge < -0.3 is 10.3 Å². The summed E-state index contributed by atoms with van der Waals surface area (Å²) in [5.74, 6) is -0.761. The quantitative estimate of drug-likeness (QED) is 0.484. The van der Waals surface area contributed by atoms with Gasteiger partial charge in [-0.2, -0.15) is 4.73 Å². The van der Waals surface area contributed by atoms with E-state index in [0.717, 1.165) is 34.3 Å². The van der Waals surface area contributed by atoms with Crippen molar-refractivity contribution < 1.29 is 14.6 Å². The molecule has 1 aromatic carbocycles. The number of allylic oxidation sites excluding steroid dienone is 1. The maximum Gasteiger partial charge on any atom is 0.303 e. The van der Waals surface area contributed by atoms with Gasteiger partial charge in [-0.15, -0.1) is 0 Å². The van der Waals surface area contributed by atoms with Gasteiger partial charge in [-0.1, -0.05) is 36.4 Å². The fourth-order valence-corrected chi connectivity index (χ4v) is 2.30. The molecule has 4 heteroatoms. The Morgan fingerprint density at radius 1 is 1.09 bits per heavy atom. The van der Waals surface area contributed by atoms with Gasteiger partial charge in [-0.05, 0) is 36.5 Å². The van der Waals surface area contributed by atoms with Gasteiger partial charge in [0.15, 0.2) is 12.4 Å². The summed E-state index contributed by atoms with van der Waals surface area (Å²) in [6.07, 6.45) is 7.53. The summed E-state index contributed by atoms with van der Waals surface area (Å²) >= 11 is 0. The molecule has 22 heavy (non-hydrogen) atoms. The van der Waals surface area contributed by atoms with Crippen molar-refractivity contribution in [2.45, 2.75) is 25.7 Å². The van der Waals surface area contributed by atoms with E-state index in [0.29, 0.717) is 6.42 Å². The molecule has 1 aromatic heterocycles. The normalized spacial score (nSPS) is 11.4. The first-order valence-electron chi connectivity index (χ1n) is 7.33. The van der Waals surface area contributed by atoms with Crippen LogP contribution >= 0.6 is 0 Å². The zero-order valence-electron chi connectivity index (χ0n) is 12.3. The molecule has 0 aliphatic heterocycles. The van der Waals surface area contributed by atoms with Crippen LogP contribution in [0.25, 0.3) is 5.57 Å². The average Bonchev–Trinajstić information content (AvgIpc) is 2.51. The van der Waals surface area contributed by atoms with Gasteiger partial charge in [0, 0.05) is 18.1 Å². The molecule has 0 saturated heterocycles. The molecule has 0 aliphatic carbocycles. The third-order valence-electron chi connectivity index (χ3n) is 3.36. The number of benzene rings is 1. The van der Waals surface area contributed by atoms with Crippen LogP contribution in [-0.2, 0) is 4.79 Å². The van der Waals surface area contributed by atoms with Gasteiger partial charge in [-0.3, -0.25) is 4.79 Å². The zero-order chi connectivity index (χ0) is 15.8. The average molecular weight is 297 g/mol. The second-order valence-corrected chi connectivity index (χ2v) is 5.08. The van der Waals surface area contributed by atoms with Crippen LogP contribution in [0.5, 0.6) is 0 Å². The number of carboxylic acids is 1. The summed E-state index contributed by atoms with van der Waals surface area (Å²) in [5, 5.41) is 20.2. The van der Waals surface area contributed by atoms with E-state index in [9.17, 15) is 10.0 Å². The summed E-state index contributed by atoms with van der Waals surface area (Å²) in [5.41, 5.74) is 2.91. The molecule has 0 aliphatic rings. The smallest absolute Gasteiger partial charge is 0.303 e. The number of hydrogen-bond donors (Lipinski definition) is 1. The van der Waals surface area contributed by atoms with Gasteiger partial charge in [-0.25, -0.2) is 0 Å². The highest BCUT2D eigenvalue weighted by Crippen LogP contribution is 2.23. The van der Waals surface area contributed by atoms with Gasteiger partial charge in [0.25, 0.3) is 0 Å². The summed E-state index contributed by atoms with van der Waals surface area (Å²) in [4.78, 5) is 10.5.